The van der Waals surface area contributed by atoms with Crippen molar-refractivity contribution in [2.24, 2.45) is 7.05 Å². The molecular weight excluding hydrogens is 316 g/mol. The van der Waals surface area contributed by atoms with E-state index in [1.165, 1.54) is 10.6 Å². The van der Waals surface area contributed by atoms with E-state index in [0.29, 0.717) is 29.3 Å². The molecule has 1 amide bonds. The highest BCUT2D eigenvalue weighted by molar-refractivity contribution is 6.32. The molecule has 1 aromatic carbocycles. The van der Waals surface area contributed by atoms with Crippen molar-refractivity contribution in [2.45, 2.75) is 19.4 Å². The molecule has 5 nitrogen and oxygen atoms in total. The standard InChI is InChI=1S/C17H19ClN2O3/c1-3-13(23-15-7-5-4-6-14(15)18)11-19-17(22)12-8-9-20(2)16(21)10-12/h4-10,13H,3,11H2,1-2H3,(H,19,22). The summed E-state index contributed by atoms with van der Waals surface area (Å²) in [6, 6.07) is 10.1. The number of pyridine rings is 1. The Labute approximate surface area is 139 Å². The molecule has 0 aliphatic rings. The predicted molar refractivity (Wildman–Crippen MR) is 90.2 cm³/mol. The number of ether oxygens (including phenoxy) is 1. The fraction of sp³-hybridized carbons (Fsp3) is 0.294. The first-order chi connectivity index (χ1) is 11.0. The van der Waals surface area contributed by atoms with Crippen LogP contribution in [0.1, 0.15) is 23.7 Å². The van der Waals surface area contributed by atoms with Crippen LogP contribution in [0.3, 0.4) is 0 Å². The van der Waals surface area contributed by atoms with Crippen molar-refractivity contribution in [3.63, 3.8) is 0 Å². The average molecular weight is 335 g/mol. The highest BCUT2D eigenvalue weighted by Crippen LogP contribution is 2.24. The van der Waals surface area contributed by atoms with Crippen LogP contribution < -0.4 is 15.6 Å². The van der Waals surface area contributed by atoms with E-state index in [1.807, 2.05) is 19.1 Å². The van der Waals surface area contributed by atoms with E-state index in [1.54, 1.807) is 31.4 Å². The molecule has 0 aliphatic carbocycles. The molecule has 1 unspecified atom stereocenters. The summed E-state index contributed by atoms with van der Waals surface area (Å²) < 4.78 is 7.22. The lowest BCUT2D eigenvalue weighted by Gasteiger charge is -2.19. The number of benzene rings is 1. The van der Waals surface area contributed by atoms with Gasteiger partial charge in [0.15, 0.2) is 0 Å². The van der Waals surface area contributed by atoms with Gasteiger partial charge in [0.1, 0.15) is 11.9 Å². The van der Waals surface area contributed by atoms with Crippen LogP contribution in [-0.4, -0.2) is 23.1 Å². The summed E-state index contributed by atoms with van der Waals surface area (Å²) in [5.41, 5.74) is 0.109. The molecule has 0 bridgehead atoms. The topological polar surface area (TPSA) is 60.3 Å². The summed E-state index contributed by atoms with van der Waals surface area (Å²) in [4.78, 5) is 23.7. The molecule has 0 aliphatic heterocycles. The molecule has 1 aromatic heterocycles. The Morgan fingerprint density at radius 1 is 1.35 bits per heavy atom. The van der Waals surface area contributed by atoms with Gasteiger partial charge in [-0.1, -0.05) is 30.7 Å². The number of hydrogen-bond donors (Lipinski definition) is 1. The van der Waals surface area contributed by atoms with E-state index in [4.69, 9.17) is 16.3 Å². The van der Waals surface area contributed by atoms with Gasteiger partial charge in [-0.2, -0.15) is 0 Å². The zero-order valence-electron chi connectivity index (χ0n) is 13.1. The van der Waals surface area contributed by atoms with Crippen LogP contribution in [0.4, 0.5) is 0 Å². The number of para-hydroxylation sites is 1. The summed E-state index contributed by atoms with van der Waals surface area (Å²) in [5.74, 6) is 0.285. The normalized spacial score (nSPS) is 11.8. The van der Waals surface area contributed by atoms with Crippen molar-refractivity contribution < 1.29 is 9.53 Å². The third-order valence-electron chi connectivity index (χ3n) is 3.44. The highest BCUT2D eigenvalue weighted by Gasteiger charge is 2.13. The molecule has 23 heavy (non-hydrogen) atoms. The minimum absolute atomic E-state index is 0.203. The van der Waals surface area contributed by atoms with Crippen molar-refractivity contribution in [1.82, 2.24) is 9.88 Å². The van der Waals surface area contributed by atoms with E-state index in [0.717, 1.165) is 0 Å². The van der Waals surface area contributed by atoms with Gasteiger partial charge >= 0.3 is 0 Å². The van der Waals surface area contributed by atoms with Gasteiger partial charge in [0.2, 0.25) is 0 Å². The Kier molecular flexibility index (Phi) is 5.82. The Hall–Kier alpha value is -2.27. The first kappa shape index (κ1) is 17.1. The minimum Gasteiger partial charge on any atom is -0.487 e. The summed E-state index contributed by atoms with van der Waals surface area (Å²) >= 11 is 6.07. The van der Waals surface area contributed by atoms with Gasteiger partial charge < -0.3 is 14.6 Å². The van der Waals surface area contributed by atoms with Crippen molar-refractivity contribution >= 4 is 17.5 Å². The molecule has 0 spiro atoms. The van der Waals surface area contributed by atoms with Crippen LogP contribution in [0.15, 0.2) is 47.4 Å². The number of amides is 1. The molecule has 1 heterocycles. The van der Waals surface area contributed by atoms with Crippen LogP contribution in [0.25, 0.3) is 0 Å². The Morgan fingerprint density at radius 2 is 2.09 bits per heavy atom. The number of nitrogens with one attached hydrogen (secondary N) is 1. The molecule has 122 valence electrons. The third-order valence-corrected chi connectivity index (χ3v) is 3.75. The van der Waals surface area contributed by atoms with Crippen LogP contribution in [0, 0.1) is 0 Å². The van der Waals surface area contributed by atoms with Gasteiger partial charge in [0, 0.05) is 24.9 Å². The number of rotatable bonds is 6. The molecule has 0 radical (unpaired) electrons. The average Bonchev–Trinajstić information content (AvgIpc) is 2.55. The fourth-order valence-electron chi connectivity index (χ4n) is 1.99. The second-order valence-corrected chi connectivity index (χ2v) is 5.56. The molecule has 2 aromatic rings. The van der Waals surface area contributed by atoms with Crippen LogP contribution >= 0.6 is 11.6 Å². The molecule has 1 atom stereocenters. The van der Waals surface area contributed by atoms with Crippen molar-refractivity contribution in [3.8, 4) is 5.75 Å². The maximum absolute atomic E-state index is 12.1. The minimum atomic E-state index is -0.302. The van der Waals surface area contributed by atoms with Crippen molar-refractivity contribution in [2.75, 3.05) is 6.54 Å². The number of hydrogen-bond acceptors (Lipinski definition) is 3. The molecule has 0 saturated heterocycles. The largest absolute Gasteiger partial charge is 0.487 e. The molecule has 0 fully saturated rings. The van der Waals surface area contributed by atoms with Gasteiger partial charge in [-0.15, -0.1) is 0 Å². The van der Waals surface area contributed by atoms with E-state index < -0.39 is 0 Å². The maximum atomic E-state index is 12.1. The summed E-state index contributed by atoms with van der Waals surface area (Å²) in [6.07, 6.45) is 2.07. The summed E-state index contributed by atoms with van der Waals surface area (Å²) in [5, 5.41) is 3.31. The lowest BCUT2D eigenvalue weighted by atomic mass is 10.2. The Balaban J connectivity index is 1.97. The van der Waals surface area contributed by atoms with Gasteiger partial charge in [-0.05, 0) is 24.6 Å². The zero-order chi connectivity index (χ0) is 16.8. The van der Waals surface area contributed by atoms with E-state index in [9.17, 15) is 9.59 Å². The second-order valence-electron chi connectivity index (χ2n) is 5.15. The number of nitrogens with zero attached hydrogens (tertiary/aromatic N) is 1. The van der Waals surface area contributed by atoms with Gasteiger partial charge in [-0.25, -0.2) is 0 Å². The fourth-order valence-corrected chi connectivity index (χ4v) is 2.17. The first-order valence-electron chi connectivity index (χ1n) is 7.37. The van der Waals surface area contributed by atoms with Gasteiger partial charge in [-0.3, -0.25) is 9.59 Å². The maximum Gasteiger partial charge on any atom is 0.251 e. The van der Waals surface area contributed by atoms with Crippen molar-refractivity contribution in [3.05, 3.63) is 63.5 Å². The first-order valence-corrected chi connectivity index (χ1v) is 7.75. The number of carbonyl (C=O) groups is 1. The van der Waals surface area contributed by atoms with Gasteiger partial charge in [0.25, 0.3) is 11.5 Å². The van der Waals surface area contributed by atoms with E-state index >= 15 is 0 Å². The second kappa shape index (κ2) is 7.83. The Morgan fingerprint density at radius 3 is 2.74 bits per heavy atom. The number of carbonyl (C=O) groups excluding carboxylic acids is 1. The SMILES string of the molecule is CCC(CNC(=O)c1ccn(C)c(=O)c1)Oc1ccccc1Cl. The van der Waals surface area contributed by atoms with E-state index in [-0.39, 0.29) is 17.6 Å². The predicted octanol–water partition coefficient (Wildman–Crippen LogP) is 2.63. The smallest absolute Gasteiger partial charge is 0.251 e. The quantitative estimate of drug-likeness (QED) is 0.883. The van der Waals surface area contributed by atoms with Crippen LogP contribution in [0.2, 0.25) is 5.02 Å². The number of aromatic nitrogens is 1. The molecule has 0 saturated carbocycles. The summed E-state index contributed by atoms with van der Waals surface area (Å²) in [6.45, 7) is 2.29. The molecular formula is C17H19ClN2O3. The zero-order valence-corrected chi connectivity index (χ0v) is 13.8. The lowest BCUT2D eigenvalue weighted by molar-refractivity contribution is 0.0926. The van der Waals surface area contributed by atoms with Crippen LogP contribution in [-0.2, 0) is 7.05 Å². The molecule has 1 N–H and O–H groups in total. The molecule has 6 heteroatoms. The Bertz CT molecular complexity index is 743. The monoisotopic (exact) mass is 334 g/mol. The number of halogens is 1. The van der Waals surface area contributed by atoms with Crippen LogP contribution in [0.5, 0.6) is 5.75 Å². The van der Waals surface area contributed by atoms with Crippen molar-refractivity contribution in [1.29, 1.82) is 0 Å². The number of aryl methyl sites for hydroxylation is 1. The molecule has 2 rings (SSSR count). The highest BCUT2D eigenvalue weighted by atomic mass is 35.5. The van der Waals surface area contributed by atoms with Gasteiger partial charge in [0.05, 0.1) is 11.6 Å². The van der Waals surface area contributed by atoms with E-state index in [2.05, 4.69) is 5.32 Å². The summed E-state index contributed by atoms with van der Waals surface area (Å²) in [7, 11) is 1.63. The lowest BCUT2D eigenvalue weighted by Crippen LogP contribution is -2.35. The third kappa shape index (κ3) is 4.60.